The van der Waals surface area contributed by atoms with E-state index in [0.717, 1.165) is 11.1 Å². The predicted molar refractivity (Wildman–Crippen MR) is 59.8 cm³/mol. The van der Waals surface area contributed by atoms with Gasteiger partial charge in [0, 0.05) is 44.7 Å². The molecule has 0 saturated carbocycles. The first-order valence-corrected chi connectivity index (χ1v) is 4.89. The third kappa shape index (κ3) is 3.66. The van der Waals surface area contributed by atoms with Gasteiger partial charge in [0.25, 0.3) is 0 Å². The maximum atomic E-state index is 11.8. The van der Waals surface area contributed by atoms with Crippen LogP contribution in [0.5, 0.6) is 0 Å². The van der Waals surface area contributed by atoms with Gasteiger partial charge in [0.1, 0.15) is 0 Å². The number of carbonyl (C=O) groups excluding carboxylic acids is 1. The van der Waals surface area contributed by atoms with Gasteiger partial charge in [-0.1, -0.05) is 30.3 Å². The van der Waals surface area contributed by atoms with Crippen LogP contribution in [0.3, 0.4) is 0 Å². The van der Waals surface area contributed by atoms with Crippen LogP contribution in [-0.2, 0) is 39.1 Å². The number of carbonyl (C=O) groups is 1. The number of ketones is 1. The Labute approximate surface area is 121 Å². The molecule has 1 nitrogen and oxygen atoms in total. The van der Waals surface area contributed by atoms with Crippen LogP contribution < -0.4 is 0 Å². The Bertz CT molecular complexity index is 437. The second-order valence-corrected chi connectivity index (χ2v) is 3.37. The van der Waals surface area contributed by atoms with Crippen molar-refractivity contribution in [3.05, 3.63) is 71.8 Å². The Hall–Kier alpha value is -0.786. The fourth-order valence-electron chi connectivity index (χ4n) is 1.45. The average Bonchev–Trinajstić information content (AvgIpc) is 2.31. The van der Waals surface area contributed by atoms with Crippen LogP contribution in [-0.4, -0.2) is 5.78 Å². The molecule has 0 aliphatic rings. The second kappa shape index (κ2) is 6.72. The molecule has 16 heavy (non-hydrogen) atoms. The molecule has 0 aromatic heterocycles. The van der Waals surface area contributed by atoms with E-state index in [1.54, 1.807) is 0 Å². The van der Waals surface area contributed by atoms with Crippen molar-refractivity contribution in [2.75, 3.05) is 0 Å². The van der Waals surface area contributed by atoms with Crippen LogP contribution in [0.15, 0.2) is 54.6 Å². The first kappa shape index (κ1) is 13.3. The number of hydrogen-bond donors (Lipinski definition) is 0. The molecule has 2 rings (SSSR count). The maximum absolute atomic E-state index is 11.8. The molecule has 0 fully saturated rings. The van der Waals surface area contributed by atoms with E-state index in [4.69, 9.17) is 0 Å². The van der Waals surface area contributed by atoms with Gasteiger partial charge in [-0.25, -0.2) is 0 Å². The zero-order valence-corrected chi connectivity index (χ0v) is 11.7. The minimum atomic E-state index is 0. The Morgan fingerprint density at radius 2 is 1.62 bits per heavy atom. The zero-order valence-electron chi connectivity index (χ0n) is 8.89. The smallest absolute Gasteiger partial charge is 0.165 e. The molecule has 0 atom stereocenters. The van der Waals surface area contributed by atoms with Crippen LogP contribution in [0.25, 0.3) is 0 Å². The largest absolute Gasteiger partial charge is 0.294 e. The molecule has 0 aliphatic heterocycles. The fourth-order valence-corrected chi connectivity index (χ4v) is 1.45. The monoisotopic (exact) mass is 284 g/mol. The van der Waals surface area contributed by atoms with Crippen LogP contribution >= 0.6 is 0 Å². The molecule has 0 aliphatic carbocycles. The third-order valence-electron chi connectivity index (χ3n) is 2.25. The van der Waals surface area contributed by atoms with Crippen molar-refractivity contribution in [2.45, 2.75) is 6.42 Å². The molecular weight excluding hydrogens is 273 g/mol. The van der Waals surface area contributed by atoms with Crippen molar-refractivity contribution in [3.63, 3.8) is 0 Å². The zero-order chi connectivity index (χ0) is 10.5. The van der Waals surface area contributed by atoms with E-state index < -0.39 is 0 Å². The van der Waals surface area contributed by atoms with Gasteiger partial charge in [-0.05, 0) is 0 Å². The van der Waals surface area contributed by atoms with E-state index in [1.165, 1.54) is 0 Å². The molecule has 0 bridgehead atoms. The summed E-state index contributed by atoms with van der Waals surface area (Å²) in [5, 5.41) is 0. The van der Waals surface area contributed by atoms with Gasteiger partial charge >= 0.3 is 0 Å². The Morgan fingerprint density at radius 3 is 2.25 bits per heavy atom. The number of hydrogen-bond acceptors (Lipinski definition) is 1. The van der Waals surface area contributed by atoms with Gasteiger partial charge in [-0.2, -0.15) is 35.9 Å². The summed E-state index contributed by atoms with van der Waals surface area (Å²) in [5.74, 6) is 0.154. The molecule has 0 unspecified atom stereocenters. The van der Waals surface area contributed by atoms with Gasteiger partial charge < -0.3 is 0 Å². The topological polar surface area (TPSA) is 17.1 Å². The summed E-state index contributed by atoms with van der Waals surface area (Å²) in [5.41, 5.74) is 1.80. The molecule has 0 saturated heterocycles. The van der Waals surface area contributed by atoms with E-state index in [-0.39, 0.29) is 38.5 Å². The molecule has 2 aromatic rings. The van der Waals surface area contributed by atoms with E-state index in [2.05, 4.69) is 6.07 Å². The number of rotatable bonds is 3. The van der Waals surface area contributed by atoms with E-state index >= 15 is 0 Å². The SMILES string of the molecule is O=C(Cc1cc[c-]cc1)c1ccccc1.[Y]. The summed E-state index contributed by atoms with van der Waals surface area (Å²) in [6, 6.07) is 19.8. The van der Waals surface area contributed by atoms with Crippen molar-refractivity contribution < 1.29 is 37.5 Å². The molecule has 2 aromatic carbocycles. The quantitative estimate of drug-likeness (QED) is 0.625. The molecule has 0 heterocycles. The van der Waals surface area contributed by atoms with Crippen molar-refractivity contribution in [3.8, 4) is 0 Å². The predicted octanol–water partition coefficient (Wildman–Crippen LogP) is 2.91. The minimum Gasteiger partial charge on any atom is -0.294 e. The number of Topliss-reactive ketones (excluding diaryl/α,β-unsaturated/α-hetero) is 1. The summed E-state index contributed by atoms with van der Waals surface area (Å²) in [4.78, 5) is 11.8. The van der Waals surface area contributed by atoms with Crippen molar-refractivity contribution in [1.29, 1.82) is 0 Å². The molecule has 2 heteroatoms. The molecular formula is C14H11OY-. The van der Waals surface area contributed by atoms with Gasteiger partial charge in [-0.15, -0.1) is 0 Å². The summed E-state index contributed by atoms with van der Waals surface area (Å²) >= 11 is 0. The van der Waals surface area contributed by atoms with Gasteiger partial charge in [0.2, 0.25) is 0 Å². The van der Waals surface area contributed by atoms with Gasteiger partial charge in [0.05, 0.1) is 0 Å². The molecule has 0 amide bonds. The van der Waals surface area contributed by atoms with E-state index in [9.17, 15) is 4.79 Å². The van der Waals surface area contributed by atoms with Gasteiger partial charge in [0.15, 0.2) is 5.78 Å². The van der Waals surface area contributed by atoms with Crippen LogP contribution in [0, 0.1) is 6.07 Å². The van der Waals surface area contributed by atoms with E-state index in [1.807, 2.05) is 54.6 Å². The Morgan fingerprint density at radius 1 is 1.00 bits per heavy atom. The molecule has 1 radical (unpaired) electrons. The van der Waals surface area contributed by atoms with Crippen LogP contribution in [0.4, 0.5) is 0 Å². The van der Waals surface area contributed by atoms with Crippen molar-refractivity contribution >= 4 is 5.78 Å². The standard InChI is InChI=1S/C14H11O.Y/c15-14(13-9-5-2-6-10-13)11-12-7-3-1-4-8-12;/h2-10H,11H2;/q-1;. The summed E-state index contributed by atoms with van der Waals surface area (Å²) in [6.07, 6.45) is 0.457. The van der Waals surface area contributed by atoms with Crippen molar-refractivity contribution in [2.24, 2.45) is 0 Å². The van der Waals surface area contributed by atoms with Gasteiger partial charge in [-0.3, -0.25) is 4.79 Å². The molecule has 0 N–H and O–H groups in total. The normalized spacial score (nSPS) is 9.25. The van der Waals surface area contributed by atoms with Crippen LogP contribution in [0.1, 0.15) is 15.9 Å². The summed E-state index contributed by atoms with van der Waals surface area (Å²) in [6.45, 7) is 0. The first-order chi connectivity index (χ1) is 7.36. The average molecular weight is 284 g/mol. The number of benzene rings is 2. The summed E-state index contributed by atoms with van der Waals surface area (Å²) in [7, 11) is 0. The Kier molecular flexibility index (Phi) is 5.58. The Balaban J connectivity index is 0.00000128. The molecule has 77 valence electrons. The van der Waals surface area contributed by atoms with Crippen LogP contribution in [0.2, 0.25) is 0 Å². The fraction of sp³-hybridized carbons (Fsp3) is 0.0714. The maximum Gasteiger partial charge on any atom is 0.165 e. The third-order valence-corrected chi connectivity index (χ3v) is 2.25. The van der Waals surface area contributed by atoms with Crippen molar-refractivity contribution in [1.82, 2.24) is 0 Å². The van der Waals surface area contributed by atoms with E-state index in [0.29, 0.717) is 6.42 Å². The first-order valence-electron chi connectivity index (χ1n) is 4.89. The molecule has 0 spiro atoms. The minimum absolute atomic E-state index is 0. The second-order valence-electron chi connectivity index (χ2n) is 3.37. The summed E-state index contributed by atoms with van der Waals surface area (Å²) < 4.78 is 0.